The predicted molar refractivity (Wildman–Crippen MR) is 102 cm³/mol. The number of carbonyl (C=O) groups excluding carboxylic acids is 1. The van der Waals surface area contributed by atoms with Crippen LogP contribution in [0.3, 0.4) is 0 Å². The summed E-state index contributed by atoms with van der Waals surface area (Å²) in [6, 6.07) is 10.4. The van der Waals surface area contributed by atoms with Crippen molar-refractivity contribution in [1.82, 2.24) is 10.2 Å². The summed E-state index contributed by atoms with van der Waals surface area (Å²) in [5.41, 5.74) is 0.739. The number of carbonyl (C=O) groups is 1. The van der Waals surface area contributed by atoms with E-state index in [0.717, 1.165) is 11.8 Å². The number of halogens is 1. The Morgan fingerprint density at radius 1 is 1.31 bits per heavy atom. The van der Waals surface area contributed by atoms with E-state index in [1.807, 2.05) is 0 Å². The summed E-state index contributed by atoms with van der Waals surface area (Å²) in [4.78, 5) is 22.5. The van der Waals surface area contributed by atoms with Gasteiger partial charge in [0.25, 0.3) is 16.8 Å². The van der Waals surface area contributed by atoms with Crippen LogP contribution in [0.25, 0.3) is 0 Å². The SMILES string of the molecule is Cc1ccc(NC(=O)CSc2nnc(COc3ccccc3F)o2)cc1[N+](=O)[O-]. The molecule has 0 atom stereocenters. The van der Waals surface area contributed by atoms with E-state index >= 15 is 0 Å². The number of anilines is 1. The van der Waals surface area contributed by atoms with Crippen LogP contribution < -0.4 is 10.1 Å². The third-order valence-corrected chi connectivity index (χ3v) is 4.47. The molecule has 0 fully saturated rings. The third-order valence-electron chi connectivity index (χ3n) is 3.65. The fourth-order valence-corrected chi connectivity index (χ4v) is 2.84. The van der Waals surface area contributed by atoms with Crippen LogP contribution in [0.2, 0.25) is 0 Å². The molecule has 0 saturated heterocycles. The number of nitrogens with one attached hydrogen (secondary N) is 1. The zero-order chi connectivity index (χ0) is 20.8. The van der Waals surface area contributed by atoms with Gasteiger partial charge in [-0.3, -0.25) is 14.9 Å². The van der Waals surface area contributed by atoms with Crippen molar-refractivity contribution in [1.29, 1.82) is 0 Å². The lowest BCUT2D eigenvalue weighted by Crippen LogP contribution is -2.14. The molecule has 0 aliphatic carbocycles. The summed E-state index contributed by atoms with van der Waals surface area (Å²) < 4.78 is 24.1. The van der Waals surface area contributed by atoms with Crippen LogP contribution in [0.15, 0.2) is 52.1 Å². The minimum Gasteiger partial charge on any atom is -0.481 e. The summed E-state index contributed by atoms with van der Waals surface area (Å²) >= 11 is 0.991. The molecule has 29 heavy (non-hydrogen) atoms. The minimum absolute atomic E-state index is 0.0442. The van der Waals surface area contributed by atoms with Crippen LogP contribution in [0.5, 0.6) is 5.75 Å². The molecule has 0 bridgehead atoms. The molecule has 1 heterocycles. The van der Waals surface area contributed by atoms with Crippen LogP contribution in [0.1, 0.15) is 11.5 Å². The smallest absolute Gasteiger partial charge is 0.277 e. The highest BCUT2D eigenvalue weighted by Gasteiger charge is 2.14. The number of thioether (sulfide) groups is 1. The van der Waals surface area contributed by atoms with Crippen molar-refractivity contribution >= 4 is 29.0 Å². The van der Waals surface area contributed by atoms with Gasteiger partial charge in [-0.1, -0.05) is 30.0 Å². The maximum Gasteiger partial charge on any atom is 0.277 e. The van der Waals surface area contributed by atoms with Crippen LogP contribution in [0, 0.1) is 22.9 Å². The van der Waals surface area contributed by atoms with Gasteiger partial charge in [-0.2, -0.15) is 0 Å². The molecule has 9 nitrogen and oxygen atoms in total. The summed E-state index contributed by atoms with van der Waals surface area (Å²) in [6.45, 7) is 1.50. The molecular weight excluding hydrogens is 403 g/mol. The first-order valence-corrected chi connectivity index (χ1v) is 9.28. The number of aryl methyl sites for hydroxylation is 1. The van der Waals surface area contributed by atoms with Gasteiger partial charge in [0.2, 0.25) is 5.91 Å². The van der Waals surface area contributed by atoms with Crippen LogP contribution >= 0.6 is 11.8 Å². The molecule has 0 aliphatic rings. The van der Waals surface area contributed by atoms with Crippen molar-refractivity contribution in [2.45, 2.75) is 18.8 Å². The van der Waals surface area contributed by atoms with Crippen molar-refractivity contribution in [2.24, 2.45) is 0 Å². The quantitative estimate of drug-likeness (QED) is 0.334. The third kappa shape index (κ3) is 5.51. The van der Waals surface area contributed by atoms with Crippen molar-refractivity contribution < 1.29 is 23.3 Å². The first-order chi connectivity index (χ1) is 13.9. The molecular formula is C18H15FN4O5S. The number of aromatic nitrogens is 2. The Balaban J connectivity index is 1.50. The number of hydrogen-bond acceptors (Lipinski definition) is 8. The number of rotatable bonds is 8. The monoisotopic (exact) mass is 418 g/mol. The lowest BCUT2D eigenvalue weighted by atomic mass is 10.2. The van der Waals surface area contributed by atoms with E-state index in [0.29, 0.717) is 11.3 Å². The van der Waals surface area contributed by atoms with E-state index in [1.54, 1.807) is 31.2 Å². The Labute approximate surface area is 168 Å². The van der Waals surface area contributed by atoms with Crippen LogP contribution in [-0.2, 0) is 11.4 Å². The molecule has 1 N–H and O–H groups in total. The molecule has 150 valence electrons. The van der Waals surface area contributed by atoms with Gasteiger partial charge in [0.05, 0.1) is 10.7 Å². The van der Waals surface area contributed by atoms with Gasteiger partial charge in [-0.05, 0) is 25.1 Å². The molecule has 0 radical (unpaired) electrons. The van der Waals surface area contributed by atoms with Gasteiger partial charge >= 0.3 is 0 Å². The number of hydrogen-bond donors (Lipinski definition) is 1. The molecule has 0 aliphatic heterocycles. The van der Waals surface area contributed by atoms with Gasteiger partial charge in [0.1, 0.15) is 0 Å². The molecule has 11 heteroatoms. The van der Waals surface area contributed by atoms with Gasteiger partial charge in [-0.25, -0.2) is 4.39 Å². The topological polar surface area (TPSA) is 120 Å². The largest absolute Gasteiger partial charge is 0.481 e. The molecule has 3 rings (SSSR count). The summed E-state index contributed by atoms with van der Waals surface area (Å²) in [6.07, 6.45) is 0. The number of amides is 1. The zero-order valence-corrected chi connectivity index (χ0v) is 15.9. The standard InChI is InChI=1S/C18H15FN4O5S/c1-11-6-7-12(8-14(11)23(25)26)20-16(24)10-29-18-22-21-17(28-18)9-27-15-5-3-2-4-13(15)19/h2-8H,9-10H2,1H3,(H,20,24). The van der Waals surface area contributed by atoms with Gasteiger partial charge in [0.15, 0.2) is 18.2 Å². The van der Waals surface area contributed by atoms with E-state index in [9.17, 15) is 19.3 Å². The number of nitrogens with zero attached hydrogens (tertiary/aromatic N) is 3. The molecule has 2 aromatic carbocycles. The van der Waals surface area contributed by atoms with Crippen molar-refractivity contribution in [2.75, 3.05) is 11.1 Å². The van der Waals surface area contributed by atoms with Crippen molar-refractivity contribution in [3.63, 3.8) is 0 Å². The number of benzene rings is 2. The highest BCUT2D eigenvalue weighted by Crippen LogP contribution is 2.23. The Kier molecular flexibility index (Phi) is 6.39. The second kappa shape index (κ2) is 9.15. The maximum absolute atomic E-state index is 13.5. The van der Waals surface area contributed by atoms with Crippen LogP contribution in [0.4, 0.5) is 15.8 Å². The summed E-state index contributed by atoms with van der Waals surface area (Å²) in [5, 5.41) is 21.2. The van der Waals surface area contributed by atoms with Crippen LogP contribution in [-0.4, -0.2) is 26.8 Å². The van der Waals surface area contributed by atoms with E-state index in [-0.39, 0.29) is 34.9 Å². The molecule has 0 spiro atoms. The maximum atomic E-state index is 13.5. The van der Waals surface area contributed by atoms with E-state index in [1.165, 1.54) is 18.2 Å². The van der Waals surface area contributed by atoms with Gasteiger partial charge in [-0.15, -0.1) is 10.2 Å². The van der Waals surface area contributed by atoms with E-state index in [2.05, 4.69) is 15.5 Å². The molecule has 1 amide bonds. The second-order valence-corrected chi connectivity index (χ2v) is 6.70. The molecule has 0 saturated carbocycles. The fraction of sp³-hybridized carbons (Fsp3) is 0.167. The average molecular weight is 418 g/mol. The molecule has 1 aromatic heterocycles. The number of para-hydroxylation sites is 1. The van der Waals surface area contributed by atoms with Crippen molar-refractivity contribution in [3.05, 3.63) is 69.9 Å². The Morgan fingerprint density at radius 2 is 2.10 bits per heavy atom. The molecule has 3 aromatic rings. The Bertz CT molecular complexity index is 1040. The number of ether oxygens (including phenoxy) is 1. The summed E-state index contributed by atoms with van der Waals surface area (Å²) in [5.74, 6) is -0.751. The van der Waals surface area contributed by atoms with Gasteiger partial charge in [0, 0.05) is 17.3 Å². The Morgan fingerprint density at radius 3 is 2.86 bits per heavy atom. The minimum atomic E-state index is -0.511. The van der Waals surface area contributed by atoms with Crippen molar-refractivity contribution in [3.8, 4) is 5.75 Å². The predicted octanol–water partition coefficient (Wildman–Crippen LogP) is 3.74. The van der Waals surface area contributed by atoms with Gasteiger partial charge < -0.3 is 14.5 Å². The van der Waals surface area contributed by atoms with E-state index in [4.69, 9.17) is 9.15 Å². The number of nitro groups is 1. The zero-order valence-electron chi connectivity index (χ0n) is 15.1. The summed E-state index contributed by atoms with van der Waals surface area (Å²) in [7, 11) is 0. The first-order valence-electron chi connectivity index (χ1n) is 8.30. The first kappa shape index (κ1) is 20.3. The highest BCUT2D eigenvalue weighted by atomic mass is 32.2. The molecule has 0 unspecified atom stereocenters. The Hall–Kier alpha value is -3.47. The lowest BCUT2D eigenvalue weighted by Gasteiger charge is -2.05. The number of nitro benzene ring substituents is 1. The lowest BCUT2D eigenvalue weighted by molar-refractivity contribution is -0.385. The average Bonchev–Trinajstić information content (AvgIpc) is 3.15. The highest BCUT2D eigenvalue weighted by molar-refractivity contribution is 7.99. The second-order valence-electron chi connectivity index (χ2n) is 5.78. The normalized spacial score (nSPS) is 10.6. The van der Waals surface area contributed by atoms with E-state index < -0.39 is 16.6 Å². The fourth-order valence-electron chi connectivity index (χ4n) is 2.26.